The quantitative estimate of drug-likeness (QED) is 0.713. The van der Waals surface area contributed by atoms with E-state index < -0.39 is 18.6 Å². The fourth-order valence-corrected chi connectivity index (χ4v) is 3.83. The topological polar surface area (TPSA) is 71.5 Å². The van der Waals surface area contributed by atoms with E-state index in [9.17, 15) is 18.4 Å². The maximum absolute atomic E-state index is 13.1. The third kappa shape index (κ3) is 4.74. The van der Waals surface area contributed by atoms with Crippen molar-refractivity contribution in [1.29, 1.82) is 0 Å². The van der Waals surface area contributed by atoms with Crippen LogP contribution in [0.1, 0.15) is 76.0 Å². The number of hydrogen-bond acceptors (Lipinski definition) is 4. The predicted octanol–water partition coefficient (Wildman–Crippen LogP) is 4.20. The van der Waals surface area contributed by atoms with Crippen molar-refractivity contribution in [2.45, 2.75) is 52.3 Å². The third-order valence-corrected chi connectivity index (χ3v) is 5.59. The molecule has 1 aliphatic rings. The molecule has 0 aliphatic carbocycles. The molecule has 166 valence electrons. The fraction of sp³-hybridized carbons (Fsp3) is 0.435. The number of amides is 2. The van der Waals surface area contributed by atoms with E-state index in [-0.39, 0.29) is 30.1 Å². The second kappa shape index (κ2) is 8.70. The Morgan fingerprint density at radius 1 is 1.32 bits per heavy atom. The molecule has 2 unspecified atom stereocenters. The van der Waals surface area contributed by atoms with Crippen LogP contribution in [0.25, 0.3) is 0 Å². The zero-order valence-electron chi connectivity index (χ0n) is 18.3. The van der Waals surface area contributed by atoms with E-state index in [0.717, 1.165) is 23.6 Å². The number of halogens is 2. The van der Waals surface area contributed by atoms with E-state index in [1.54, 1.807) is 17.9 Å². The first-order valence-corrected chi connectivity index (χ1v) is 10.1. The Labute approximate surface area is 180 Å². The van der Waals surface area contributed by atoms with Crippen molar-refractivity contribution in [2.75, 3.05) is 13.7 Å². The number of nitrogens with zero attached hydrogens (tertiary/aromatic N) is 2. The Bertz CT molecular complexity index is 1000. The van der Waals surface area contributed by atoms with E-state index in [1.165, 1.54) is 13.2 Å². The highest BCUT2D eigenvalue weighted by Crippen LogP contribution is 2.34. The van der Waals surface area contributed by atoms with Crippen LogP contribution in [0.5, 0.6) is 0 Å². The number of rotatable bonds is 7. The third-order valence-electron chi connectivity index (χ3n) is 5.59. The molecule has 0 saturated carbocycles. The van der Waals surface area contributed by atoms with Gasteiger partial charge in [0.1, 0.15) is 12.3 Å². The maximum atomic E-state index is 13.1. The van der Waals surface area contributed by atoms with Crippen LogP contribution in [-0.2, 0) is 11.3 Å². The number of pyridine rings is 1. The van der Waals surface area contributed by atoms with E-state index in [4.69, 9.17) is 4.74 Å². The van der Waals surface area contributed by atoms with Gasteiger partial charge in [-0.1, -0.05) is 18.2 Å². The summed E-state index contributed by atoms with van der Waals surface area (Å²) in [5.41, 5.74) is 3.99. The molecule has 0 fully saturated rings. The highest BCUT2D eigenvalue weighted by Gasteiger charge is 2.35. The Morgan fingerprint density at radius 2 is 2.03 bits per heavy atom. The molecule has 2 aromatic rings. The number of fused-ring (bicyclic) bond motifs is 1. The van der Waals surface area contributed by atoms with Crippen molar-refractivity contribution in [3.8, 4) is 0 Å². The summed E-state index contributed by atoms with van der Waals surface area (Å²) in [6.07, 6.45) is 0.990. The van der Waals surface area contributed by atoms with Crippen LogP contribution in [0.15, 0.2) is 30.5 Å². The lowest BCUT2D eigenvalue weighted by molar-refractivity contribution is -0.0843. The minimum atomic E-state index is -2.88. The number of nitrogens with one attached hydrogen (secondary N) is 1. The number of benzene rings is 1. The van der Waals surface area contributed by atoms with Crippen LogP contribution in [0.3, 0.4) is 0 Å². The molecular formula is C23H27F2N3O3. The number of hydrogen-bond donors (Lipinski definition) is 1. The average Bonchev–Trinajstić information content (AvgIpc) is 3.07. The molecule has 1 aromatic heterocycles. The van der Waals surface area contributed by atoms with Crippen molar-refractivity contribution < 1.29 is 23.1 Å². The van der Waals surface area contributed by atoms with Gasteiger partial charge in [-0.2, -0.15) is 0 Å². The van der Waals surface area contributed by atoms with Crippen LogP contribution in [0.2, 0.25) is 0 Å². The summed E-state index contributed by atoms with van der Waals surface area (Å²) in [5, 5.41) is 2.56. The largest absolute Gasteiger partial charge is 0.368 e. The fourth-order valence-electron chi connectivity index (χ4n) is 3.83. The molecular weight excluding hydrogens is 404 g/mol. The smallest absolute Gasteiger partial charge is 0.269 e. The Morgan fingerprint density at radius 3 is 2.65 bits per heavy atom. The molecule has 2 amide bonds. The first-order valence-electron chi connectivity index (χ1n) is 10.1. The Kier molecular flexibility index (Phi) is 6.40. The van der Waals surface area contributed by atoms with Gasteiger partial charge >= 0.3 is 0 Å². The van der Waals surface area contributed by atoms with Gasteiger partial charge in [-0.25, -0.2) is 8.78 Å². The molecule has 0 saturated heterocycles. The van der Waals surface area contributed by atoms with Crippen molar-refractivity contribution in [3.63, 3.8) is 0 Å². The van der Waals surface area contributed by atoms with Gasteiger partial charge < -0.3 is 15.0 Å². The molecule has 1 N–H and O–H groups in total. The van der Waals surface area contributed by atoms with Crippen LogP contribution in [-0.4, -0.2) is 41.3 Å². The lowest BCUT2D eigenvalue weighted by atomic mass is 9.98. The second-order valence-corrected chi connectivity index (χ2v) is 8.01. The monoisotopic (exact) mass is 431 g/mol. The molecule has 0 bridgehead atoms. The highest BCUT2D eigenvalue weighted by atomic mass is 19.3. The second-order valence-electron chi connectivity index (χ2n) is 8.01. The first kappa shape index (κ1) is 22.8. The van der Waals surface area contributed by atoms with E-state index in [2.05, 4.69) is 10.3 Å². The minimum absolute atomic E-state index is 0.154. The summed E-state index contributed by atoms with van der Waals surface area (Å²) in [6.45, 7) is 6.02. The summed E-state index contributed by atoms with van der Waals surface area (Å²) in [7, 11) is 1.53. The van der Waals surface area contributed by atoms with E-state index >= 15 is 0 Å². The maximum Gasteiger partial charge on any atom is 0.269 e. The van der Waals surface area contributed by atoms with Crippen LogP contribution >= 0.6 is 0 Å². The van der Waals surface area contributed by atoms with Gasteiger partial charge in [0.05, 0.1) is 12.1 Å². The summed E-state index contributed by atoms with van der Waals surface area (Å²) >= 11 is 0. The summed E-state index contributed by atoms with van der Waals surface area (Å²) in [4.78, 5) is 31.0. The minimum Gasteiger partial charge on any atom is -0.368 e. The average molecular weight is 431 g/mol. The van der Waals surface area contributed by atoms with Gasteiger partial charge in [-0.15, -0.1) is 0 Å². The van der Waals surface area contributed by atoms with E-state index in [0.29, 0.717) is 11.1 Å². The lowest BCUT2D eigenvalue weighted by Gasteiger charge is -2.26. The molecule has 2 heterocycles. The number of carbonyl (C=O) groups excluding carboxylic acids is 2. The van der Waals surface area contributed by atoms with Gasteiger partial charge in [-0.3, -0.25) is 14.6 Å². The number of aryl methyl sites for hydroxylation is 1. The molecule has 3 rings (SSSR count). The predicted molar refractivity (Wildman–Crippen MR) is 112 cm³/mol. The molecule has 1 aromatic carbocycles. The lowest BCUT2D eigenvalue weighted by Crippen LogP contribution is -2.27. The van der Waals surface area contributed by atoms with Crippen molar-refractivity contribution in [2.24, 2.45) is 0 Å². The van der Waals surface area contributed by atoms with Gasteiger partial charge in [0.2, 0.25) is 0 Å². The standard InChI is InChI=1S/C23H27F2N3O3/c1-13-10-16(6-7-17(13)15(3)31-12-23(4,24)25)14(2)28-11-19-18(22(28)30)8-9-27-20(19)21(29)26-5/h6-10,14-15H,11-12H2,1-5H3,(H,26,29). The molecule has 1 aliphatic heterocycles. The van der Waals surface area contributed by atoms with Gasteiger partial charge in [-0.05, 0) is 43.5 Å². The van der Waals surface area contributed by atoms with Crippen molar-refractivity contribution in [3.05, 3.63) is 64.0 Å². The number of alkyl halides is 2. The molecule has 2 atom stereocenters. The molecule has 0 radical (unpaired) electrons. The summed E-state index contributed by atoms with van der Waals surface area (Å²) < 4.78 is 31.5. The zero-order valence-corrected chi connectivity index (χ0v) is 18.3. The normalized spacial score (nSPS) is 15.6. The van der Waals surface area contributed by atoms with Gasteiger partial charge in [0.15, 0.2) is 0 Å². The summed E-state index contributed by atoms with van der Waals surface area (Å²) in [6, 6.07) is 7.06. The first-order chi connectivity index (χ1) is 14.5. The zero-order chi connectivity index (χ0) is 22.9. The van der Waals surface area contributed by atoms with E-state index in [1.807, 2.05) is 32.0 Å². The van der Waals surface area contributed by atoms with Crippen molar-refractivity contribution >= 4 is 11.8 Å². The molecule has 6 nitrogen and oxygen atoms in total. The van der Waals surface area contributed by atoms with Crippen LogP contribution in [0, 0.1) is 6.92 Å². The Hall–Kier alpha value is -2.87. The highest BCUT2D eigenvalue weighted by molar-refractivity contribution is 6.03. The SMILES string of the molecule is CNC(=O)c1nccc2c1CN(C(C)c1ccc(C(C)OCC(C)(F)F)c(C)c1)C2=O. The Balaban J connectivity index is 1.80. The van der Waals surface area contributed by atoms with Gasteiger partial charge in [0, 0.05) is 37.8 Å². The molecule has 8 heteroatoms. The van der Waals surface area contributed by atoms with Crippen LogP contribution < -0.4 is 5.32 Å². The number of carbonyl (C=O) groups is 2. The number of aromatic nitrogens is 1. The van der Waals surface area contributed by atoms with Crippen molar-refractivity contribution in [1.82, 2.24) is 15.2 Å². The van der Waals surface area contributed by atoms with Crippen LogP contribution in [0.4, 0.5) is 8.78 Å². The number of ether oxygens (including phenoxy) is 1. The molecule has 0 spiro atoms. The molecule has 31 heavy (non-hydrogen) atoms. The summed E-state index contributed by atoms with van der Waals surface area (Å²) in [5.74, 6) is -3.37. The van der Waals surface area contributed by atoms with Gasteiger partial charge in [0.25, 0.3) is 17.7 Å².